The number of nitrogens with zero attached hydrogens (tertiary/aromatic N) is 2. The minimum Gasteiger partial charge on any atom is -0.311 e. The lowest BCUT2D eigenvalue weighted by atomic mass is 10.0. The molecule has 0 aliphatic heterocycles. The maximum atomic E-state index is 2.32. The molecule has 0 amide bonds. The zero-order chi connectivity index (χ0) is 42.7. The van der Waals surface area contributed by atoms with Crippen molar-refractivity contribution in [2.75, 3.05) is 9.80 Å². The number of aryl methyl sites for hydroxylation is 4. The molecule has 0 fully saturated rings. The zero-order valence-corrected chi connectivity index (χ0v) is 36.0. The minimum atomic E-state index is 1.10. The minimum absolute atomic E-state index is 1.10. The van der Waals surface area contributed by atoms with Crippen molar-refractivity contribution in [2.45, 2.75) is 27.7 Å². The van der Waals surface area contributed by atoms with Crippen LogP contribution in [0, 0.1) is 27.7 Å². The van der Waals surface area contributed by atoms with Crippen LogP contribution in [0.4, 0.5) is 34.1 Å². The van der Waals surface area contributed by atoms with E-state index in [0.29, 0.717) is 0 Å². The van der Waals surface area contributed by atoms with Gasteiger partial charge in [-0.1, -0.05) is 192 Å². The van der Waals surface area contributed by atoms with E-state index in [-0.39, 0.29) is 0 Å². The molecule has 0 spiro atoms. The molecule has 0 unspecified atom stereocenters. The summed E-state index contributed by atoms with van der Waals surface area (Å²) in [7, 11) is 0. The second-order valence-electron chi connectivity index (χ2n) is 15.9. The van der Waals surface area contributed by atoms with Gasteiger partial charge in [-0.3, -0.25) is 0 Å². The molecule has 8 rings (SSSR count). The van der Waals surface area contributed by atoms with E-state index in [0.717, 1.165) is 56.4 Å². The second kappa shape index (κ2) is 19.6. The van der Waals surface area contributed by atoms with Crippen LogP contribution in [0.2, 0.25) is 0 Å². The molecule has 8 aromatic rings. The Morgan fingerprint density at radius 2 is 0.403 bits per heavy atom. The Morgan fingerprint density at radius 1 is 0.226 bits per heavy atom. The van der Waals surface area contributed by atoms with Crippen LogP contribution in [0.25, 0.3) is 35.4 Å². The van der Waals surface area contributed by atoms with Gasteiger partial charge in [-0.05, 0) is 134 Å². The van der Waals surface area contributed by atoms with Gasteiger partial charge in [0.1, 0.15) is 0 Å². The molecule has 0 aliphatic carbocycles. The normalized spacial score (nSPS) is 11.6. The Hall–Kier alpha value is -7.68. The van der Waals surface area contributed by atoms with Crippen molar-refractivity contribution in [2.24, 2.45) is 0 Å². The van der Waals surface area contributed by atoms with E-state index in [1.807, 2.05) is 0 Å². The number of rotatable bonds is 13. The van der Waals surface area contributed by atoms with Gasteiger partial charge in [0, 0.05) is 34.1 Å². The summed E-state index contributed by atoms with van der Waals surface area (Å²) in [5.41, 5.74) is 18.7. The predicted molar refractivity (Wildman–Crippen MR) is 269 cm³/mol. The lowest BCUT2D eigenvalue weighted by Crippen LogP contribution is -2.10. The Bertz CT molecular complexity index is 2590. The monoisotopic (exact) mass is 800 g/mol. The molecule has 0 radical (unpaired) electrons. The number of anilines is 6. The number of hydrogen-bond acceptors (Lipinski definition) is 2. The van der Waals surface area contributed by atoms with Gasteiger partial charge in [0.25, 0.3) is 0 Å². The lowest BCUT2D eigenvalue weighted by Gasteiger charge is -2.26. The highest BCUT2D eigenvalue weighted by atomic mass is 15.1. The standard InChI is InChI=1S/C60H52N2/c1-45-13-21-49(22-14-45)9-5-7-11-51-25-37-57(38-26-51)61(55-33-17-47(3)18-34-55)59-41-29-53(30-42-59)54-31-43-60(44-32-54)62(56-35-19-48(4)20-36-56)58-39-27-52(28-40-58)12-8-6-10-50-23-15-46(2)16-24-50/h5-44H,1-4H3/b9-5+,10-6+,11-7+,12-8+. The molecular formula is C60H52N2. The molecule has 0 aromatic heterocycles. The second-order valence-corrected chi connectivity index (χ2v) is 15.9. The Labute approximate surface area is 368 Å². The van der Waals surface area contributed by atoms with E-state index in [4.69, 9.17) is 0 Å². The maximum Gasteiger partial charge on any atom is 0.0462 e. The fraction of sp³-hybridized carbons (Fsp3) is 0.0667. The van der Waals surface area contributed by atoms with Crippen molar-refractivity contribution in [1.82, 2.24) is 0 Å². The van der Waals surface area contributed by atoms with Gasteiger partial charge in [-0.15, -0.1) is 0 Å². The summed E-state index contributed by atoms with van der Waals surface area (Å²) >= 11 is 0. The van der Waals surface area contributed by atoms with Gasteiger partial charge < -0.3 is 9.80 Å². The summed E-state index contributed by atoms with van der Waals surface area (Å²) in [5, 5.41) is 0. The van der Waals surface area contributed by atoms with Crippen LogP contribution in [-0.2, 0) is 0 Å². The topological polar surface area (TPSA) is 6.48 Å². The Morgan fingerprint density at radius 3 is 0.645 bits per heavy atom. The fourth-order valence-corrected chi connectivity index (χ4v) is 7.38. The van der Waals surface area contributed by atoms with Crippen molar-refractivity contribution in [3.63, 3.8) is 0 Å². The Kier molecular flexibility index (Phi) is 13.0. The van der Waals surface area contributed by atoms with Crippen LogP contribution < -0.4 is 9.80 Å². The molecular weight excluding hydrogens is 749 g/mol. The van der Waals surface area contributed by atoms with Crippen LogP contribution in [0.5, 0.6) is 0 Å². The van der Waals surface area contributed by atoms with Gasteiger partial charge in [-0.25, -0.2) is 0 Å². The third kappa shape index (κ3) is 10.5. The summed E-state index contributed by atoms with van der Waals surface area (Å²) in [6.07, 6.45) is 16.9. The van der Waals surface area contributed by atoms with Crippen molar-refractivity contribution in [3.05, 3.63) is 263 Å². The molecule has 0 N–H and O–H groups in total. The number of benzene rings is 8. The van der Waals surface area contributed by atoms with Gasteiger partial charge in [-0.2, -0.15) is 0 Å². The first-order chi connectivity index (χ1) is 30.3. The van der Waals surface area contributed by atoms with Crippen molar-refractivity contribution in [1.29, 1.82) is 0 Å². The molecule has 2 nitrogen and oxygen atoms in total. The van der Waals surface area contributed by atoms with E-state index in [9.17, 15) is 0 Å². The average molecular weight is 801 g/mol. The molecule has 0 bridgehead atoms. The van der Waals surface area contributed by atoms with E-state index < -0.39 is 0 Å². The fourth-order valence-electron chi connectivity index (χ4n) is 7.38. The zero-order valence-electron chi connectivity index (χ0n) is 36.0. The van der Waals surface area contributed by atoms with Crippen molar-refractivity contribution in [3.8, 4) is 11.1 Å². The van der Waals surface area contributed by atoms with Gasteiger partial charge in [0.05, 0.1) is 0 Å². The summed E-state index contributed by atoms with van der Waals surface area (Å²) in [6, 6.07) is 69.9. The molecule has 0 saturated carbocycles. The van der Waals surface area contributed by atoms with Crippen LogP contribution in [-0.4, -0.2) is 0 Å². The smallest absolute Gasteiger partial charge is 0.0462 e. The summed E-state index contributed by atoms with van der Waals surface area (Å²) in [6.45, 7) is 8.48. The molecule has 0 saturated heterocycles. The van der Waals surface area contributed by atoms with Gasteiger partial charge in [0.15, 0.2) is 0 Å². The largest absolute Gasteiger partial charge is 0.311 e. The lowest BCUT2D eigenvalue weighted by molar-refractivity contribution is 1.27. The first-order valence-electron chi connectivity index (χ1n) is 21.3. The van der Waals surface area contributed by atoms with E-state index >= 15 is 0 Å². The highest BCUT2D eigenvalue weighted by Crippen LogP contribution is 2.38. The molecule has 2 heteroatoms. The number of allylic oxidation sites excluding steroid dienone is 4. The van der Waals surface area contributed by atoms with E-state index in [1.54, 1.807) is 0 Å². The number of hydrogen-bond donors (Lipinski definition) is 0. The SMILES string of the molecule is Cc1ccc(/C=C/C=C/c2ccc(N(c3ccc(C)cc3)c3ccc(-c4ccc(N(c5ccc(C)cc5)c5ccc(/C=C/C=C/c6ccc(C)cc6)cc5)cc4)cc3)cc2)cc1. The van der Waals surface area contributed by atoms with Gasteiger partial charge in [0.2, 0.25) is 0 Å². The third-order valence-electron chi connectivity index (χ3n) is 11.0. The average Bonchev–Trinajstić information content (AvgIpc) is 3.31. The van der Waals surface area contributed by atoms with Crippen molar-refractivity contribution < 1.29 is 0 Å². The molecule has 0 aliphatic rings. The first-order valence-corrected chi connectivity index (χ1v) is 21.3. The molecule has 0 heterocycles. The maximum absolute atomic E-state index is 2.32. The van der Waals surface area contributed by atoms with Crippen molar-refractivity contribution >= 4 is 58.4 Å². The first kappa shape index (κ1) is 41.1. The van der Waals surface area contributed by atoms with E-state index in [2.05, 4.69) is 280 Å². The summed E-state index contributed by atoms with van der Waals surface area (Å²) < 4.78 is 0. The highest BCUT2D eigenvalue weighted by molar-refractivity contribution is 5.81. The highest BCUT2D eigenvalue weighted by Gasteiger charge is 2.15. The van der Waals surface area contributed by atoms with Gasteiger partial charge >= 0.3 is 0 Å². The van der Waals surface area contributed by atoms with E-state index in [1.165, 1.54) is 33.4 Å². The molecule has 0 atom stereocenters. The van der Waals surface area contributed by atoms with Crippen LogP contribution in [0.1, 0.15) is 44.5 Å². The van der Waals surface area contributed by atoms with Crippen LogP contribution in [0.3, 0.4) is 0 Å². The molecule has 62 heavy (non-hydrogen) atoms. The molecule has 302 valence electrons. The predicted octanol–water partition coefficient (Wildman–Crippen LogP) is 17.0. The Balaban J connectivity index is 1.00. The third-order valence-corrected chi connectivity index (χ3v) is 11.0. The molecule has 8 aromatic carbocycles. The van der Waals surface area contributed by atoms with Crippen LogP contribution in [0.15, 0.2) is 218 Å². The summed E-state index contributed by atoms with van der Waals surface area (Å²) in [4.78, 5) is 4.64. The summed E-state index contributed by atoms with van der Waals surface area (Å²) in [5.74, 6) is 0. The van der Waals surface area contributed by atoms with Crippen LogP contribution >= 0.6 is 0 Å². The quantitative estimate of drug-likeness (QED) is 0.107.